The maximum atomic E-state index is 9.78. The molecular formula is C18H30N2O. The van der Waals surface area contributed by atoms with E-state index >= 15 is 0 Å². The normalized spacial score (nSPS) is 25.2. The van der Waals surface area contributed by atoms with Gasteiger partial charge in [0, 0.05) is 24.3 Å². The second-order valence-corrected chi connectivity index (χ2v) is 6.36. The van der Waals surface area contributed by atoms with E-state index in [0.29, 0.717) is 5.92 Å². The molecule has 0 radical (unpaired) electrons. The molecule has 21 heavy (non-hydrogen) atoms. The summed E-state index contributed by atoms with van der Waals surface area (Å²) >= 11 is 0. The fraction of sp³-hybridized carbons (Fsp3) is 0.667. The van der Waals surface area contributed by atoms with Crippen molar-refractivity contribution in [2.45, 2.75) is 45.1 Å². The Kier molecular flexibility index (Phi) is 5.65. The van der Waals surface area contributed by atoms with E-state index in [2.05, 4.69) is 48.3 Å². The van der Waals surface area contributed by atoms with E-state index in [1.807, 2.05) is 7.05 Å². The smallest absolute Gasteiger partial charge is 0.0615 e. The summed E-state index contributed by atoms with van der Waals surface area (Å²) < 4.78 is 0. The van der Waals surface area contributed by atoms with Crippen molar-refractivity contribution >= 4 is 5.69 Å². The number of aliphatic hydroxyl groups is 1. The highest BCUT2D eigenvalue weighted by Gasteiger charge is 2.40. The summed E-state index contributed by atoms with van der Waals surface area (Å²) in [7, 11) is 1.99. The Balaban J connectivity index is 1.98. The van der Waals surface area contributed by atoms with Crippen LogP contribution in [0.2, 0.25) is 0 Å². The van der Waals surface area contributed by atoms with E-state index in [1.165, 1.54) is 24.1 Å². The summed E-state index contributed by atoms with van der Waals surface area (Å²) in [5, 5.41) is 13.2. The Morgan fingerprint density at radius 3 is 2.62 bits per heavy atom. The molecule has 0 aliphatic heterocycles. The number of rotatable bonds is 7. The minimum absolute atomic E-state index is 0.0489. The van der Waals surface area contributed by atoms with E-state index in [9.17, 15) is 5.11 Å². The molecule has 1 saturated carbocycles. The highest BCUT2D eigenvalue weighted by Crippen LogP contribution is 2.37. The van der Waals surface area contributed by atoms with Crippen molar-refractivity contribution in [1.29, 1.82) is 0 Å². The fourth-order valence-electron chi connectivity index (χ4n) is 3.72. The SMILES string of the molecule is CCN(CCC1CCCC1(CO)NC)c1ccc(C)cc1. The summed E-state index contributed by atoms with van der Waals surface area (Å²) in [4.78, 5) is 2.44. The molecule has 1 fully saturated rings. The molecule has 2 rings (SSSR count). The molecule has 0 heterocycles. The zero-order chi connectivity index (χ0) is 15.3. The maximum absolute atomic E-state index is 9.78. The molecule has 0 bridgehead atoms. The molecule has 0 amide bonds. The summed E-state index contributed by atoms with van der Waals surface area (Å²) in [6.07, 6.45) is 4.69. The van der Waals surface area contributed by atoms with Crippen LogP contribution in [0.1, 0.15) is 38.2 Å². The minimum atomic E-state index is -0.0489. The summed E-state index contributed by atoms with van der Waals surface area (Å²) in [5.41, 5.74) is 2.56. The van der Waals surface area contributed by atoms with E-state index in [-0.39, 0.29) is 12.1 Å². The molecule has 118 valence electrons. The average Bonchev–Trinajstić information content (AvgIpc) is 2.93. The maximum Gasteiger partial charge on any atom is 0.0615 e. The molecule has 1 aliphatic rings. The van der Waals surface area contributed by atoms with Crippen LogP contribution in [0.5, 0.6) is 0 Å². The van der Waals surface area contributed by atoms with Gasteiger partial charge in [-0.25, -0.2) is 0 Å². The Bertz CT molecular complexity index is 425. The lowest BCUT2D eigenvalue weighted by Gasteiger charge is -2.35. The van der Waals surface area contributed by atoms with Gasteiger partial charge in [-0.2, -0.15) is 0 Å². The highest BCUT2D eigenvalue weighted by molar-refractivity contribution is 5.47. The lowest BCUT2D eigenvalue weighted by Crippen LogP contribution is -2.50. The van der Waals surface area contributed by atoms with Crippen molar-refractivity contribution < 1.29 is 5.11 Å². The first kappa shape index (κ1) is 16.3. The second-order valence-electron chi connectivity index (χ2n) is 6.36. The number of hydrogen-bond acceptors (Lipinski definition) is 3. The van der Waals surface area contributed by atoms with Crippen LogP contribution < -0.4 is 10.2 Å². The molecular weight excluding hydrogens is 260 g/mol. The second kappa shape index (κ2) is 7.28. The molecule has 2 N–H and O–H groups in total. The van der Waals surface area contributed by atoms with E-state index in [0.717, 1.165) is 25.9 Å². The topological polar surface area (TPSA) is 35.5 Å². The third-order valence-corrected chi connectivity index (χ3v) is 5.27. The Morgan fingerprint density at radius 2 is 2.05 bits per heavy atom. The van der Waals surface area contributed by atoms with Crippen LogP contribution in [0.15, 0.2) is 24.3 Å². The number of hydrogen-bond donors (Lipinski definition) is 2. The van der Waals surface area contributed by atoms with Gasteiger partial charge in [-0.3, -0.25) is 0 Å². The molecule has 3 nitrogen and oxygen atoms in total. The first-order chi connectivity index (χ1) is 10.1. The van der Waals surface area contributed by atoms with Gasteiger partial charge in [-0.05, 0) is 58.2 Å². The first-order valence-electron chi connectivity index (χ1n) is 8.26. The molecule has 1 aromatic carbocycles. The number of nitrogens with zero attached hydrogens (tertiary/aromatic N) is 1. The summed E-state index contributed by atoms with van der Waals surface area (Å²) in [6, 6.07) is 8.79. The summed E-state index contributed by atoms with van der Waals surface area (Å²) in [5.74, 6) is 0.576. The third kappa shape index (κ3) is 3.58. The van der Waals surface area contributed by atoms with Crippen molar-refractivity contribution in [2.24, 2.45) is 5.92 Å². The van der Waals surface area contributed by atoms with Crippen molar-refractivity contribution in [1.82, 2.24) is 5.32 Å². The lowest BCUT2D eigenvalue weighted by molar-refractivity contribution is 0.128. The van der Waals surface area contributed by atoms with Crippen LogP contribution in [0.25, 0.3) is 0 Å². The van der Waals surface area contributed by atoms with E-state index in [1.54, 1.807) is 0 Å². The van der Waals surface area contributed by atoms with Gasteiger partial charge in [0.1, 0.15) is 0 Å². The van der Waals surface area contributed by atoms with Gasteiger partial charge in [0.25, 0.3) is 0 Å². The number of aryl methyl sites for hydroxylation is 1. The third-order valence-electron chi connectivity index (χ3n) is 5.27. The molecule has 0 saturated heterocycles. The van der Waals surface area contributed by atoms with Gasteiger partial charge in [0.15, 0.2) is 0 Å². The predicted molar refractivity (Wildman–Crippen MR) is 89.9 cm³/mol. The van der Waals surface area contributed by atoms with Crippen LogP contribution in [0.4, 0.5) is 5.69 Å². The van der Waals surface area contributed by atoms with Crippen LogP contribution in [-0.4, -0.2) is 37.4 Å². The van der Waals surface area contributed by atoms with Crippen molar-refractivity contribution in [3.05, 3.63) is 29.8 Å². The molecule has 1 aromatic rings. The fourth-order valence-corrected chi connectivity index (χ4v) is 3.72. The predicted octanol–water partition coefficient (Wildman–Crippen LogP) is 2.96. The van der Waals surface area contributed by atoms with Gasteiger partial charge in [-0.15, -0.1) is 0 Å². The van der Waals surface area contributed by atoms with Crippen LogP contribution in [0, 0.1) is 12.8 Å². The average molecular weight is 290 g/mol. The van der Waals surface area contributed by atoms with Crippen LogP contribution >= 0.6 is 0 Å². The Hall–Kier alpha value is -1.06. The molecule has 2 unspecified atom stereocenters. The number of nitrogens with one attached hydrogen (secondary N) is 1. The van der Waals surface area contributed by atoms with E-state index < -0.39 is 0 Å². The highest BCUT2D eigenvalue weighted by atomic mass is 16.3. The van der Waals surface area contributed by atoms with Crippen molar-refractivity contribution in [3.63, 3.8) is 0 Å². The Morgan fingerprint density at radius 1 is 1.33 bits per heavy atom. The van der Waals surface area contributed by atoms with Gasteiger partial charge < -0.3 is 15.3 Å². The summed E-state index contributed by atoms with van der Waals surface area (Å²) in [6.45, 7) is 6.69. The number of benzene rings is 1. The molecule has 2 atom stereocenters. The quantitative estimate of drug-likeness (QED) is 0.810. The number of anilines is 1. The molecule has 0 spiro atoms. The standard InChI is InChI=1S/C18H30N2O/c1-4-20(17-9-7-15(2)8-10-17)13-11-16-6-5-12-18(16,14-21)19-3/h7-10,16,19,21H,4-6,11-14H2,1-3H3. The zero-order valence-corrected chi connectivity index (χ0v) is 13.7. The van der Waals surface area contributed by atoms with Crippen LogP contribution in [0.3, 0.4) is 0 Å². The van der Waals surface area contributed by atoms with Gasteiger partial charge in [0.05, 0.1) is 6.61 Å². The van der Waals surface area contributed by atoms with Gasteiger partial charge in [0.2, 0.25) is 0 Å². The molecule has 0 aromatic heterocycles. The number of likely N-dealkylation sites (N-methyl/N-ethyl adjacent to an activating group) is 1. The monoisotopic (exact) mass is 290 g/mol. The number of aliphatic hydroxyl groups excluding tert-OH is 1. The van der Waals surface area contributed by atoms with Gasteiger partial charge >= 0.3 is 0 Å². The lowest BCUT2D eigenvalue weighted by atomic mass is 9.85. The van der Waals surface area contributed by atoms with Gasteiger partial charge in [-0.1, -0.05) is 24.1 Å². The Labute approximate surface area is 129 Å². The van der Waals surface area contributed by atoms with E-state index in [4.69, 9.17) is 0 Å². The minimum Gasteiger partial charge on any atom is -0.394 e. The molecule has 3 heteroatoms. The first-order valence-corrected chi connectivity index (χ1v) is 8.26. The molecule has 1 aliphatic carbocycles. The van der Waals surface area contributed by atoms with Crippen molar-refractivity contribution in [2.75, 3.05) is 31.6 Å². The zero-order valence-electron chi connectivity index (χ0n) is 13.7. The van der Waals surface area contributed by atoms with Crippen LogP contribution in [-0.2, 0) is 0 Å². The van der Waals surface area contributed by atoms with Crippen molar-refractivity contribution in [3.8, 4) is 0 Å². The largest absolute Gasteiger partial charge is 0.394 e.